The van der Waals surface area contributed by atoms with E-state index in [-0.39, 0.29) is 18.6 Å². The van der Waals surface area contributed by atoms with Gasteiger partial charge in [0, 0.05) is 18.2 Å². The molecular weight excluding hydrogens is 258 g/mol. The van der Waals surface area contributed by atoms with E-state index in [0.717, 1.165) is 0 Å². The van der Waals surface area contributed by atoms with Crippen LogP contribution in [0.1, 0.15) is 31.1 Å². The highest BCUT2D eigenvalue weighted by atomic mass is 16.5. The molecule has 0 saturated heterocycles. The van der Waals surface area contributed by atoms with E-state index in [0.29, 0.717) is 30.2 Å². The Kier molecular flexibility index (Phi) is 6.31. The molecular formula is C15H23NO4. The second-order valence-electron chi connectivity index (χ2n) is 4.61. The van der Waals surface area contributed by atoms with Gasteiger partial charge < -0.3 is 19.5 Å². The lowest BCUT2D eigenvalue weighted by Gasteiger charge is -2.26. The van der Waals surface area contributed by atoms with Crippen LogP contribution in [0.3, 0.4) is 0 Å². The van der Waals surface area contributed by atoms with Crippen LogP contribution < -0.4 is 9.47 Å². The summed E-state index contributed by atoms with van der Waals surface area (Å²) in [6.45, 7) is 6.51. The van der Waals surface area contributed by atoms with Crippen molar-refractivity contribution in [2.75, 3.05) is 26.9 Å². The number of amides is 1. The zero-order valence-corrected chi connectivity index (χ0v) is 12.5. The second kappa shape index (κ2) is 7.75. The van der Waals surface area contributed by atoms with Crippen LogP contribution in [0.2, 0.25) is 0 Å². The lowest BCUT2D eigenvalue weighted by atomic mass is 10.1. The minimum Gasteiger partial charge on any atom is -0.493 e. The fourth-order valence-electron chi connectivity index (χ4n) is 1.94. The van der Waals surface area contributed by atoms with E-state index < -0.39 is 0 Å². The van der Waals surface area contributed by atoms with Gasteiger partial charge in [0.2, 0.25) is 0 Å². The monoisotopic (exact) mass is 281 g/mol. The molecule has 1 N–H and O–H groups in total. The maximum Gasteiger partial charge on any atom is 0.254 e. The van der Waals surface area contributed by atoms with Crippen LogP contribution in [0.4, 0.5) is 0 Å². The van der Waals surface area contributed by atoms with Gasteiger partial charge in [-0.2, -0.15) is 0 Å². The quantitative estimate of drug-likeness (QED) is 0.829. The molecule has 0 aromatic heterocycles. The van der Waals surface area contributed by atoms with Gasteiger partial charge in [0.15, 0.2) is 11.5 Å². The van der Waals surface area contributed by atoms with E-state index in [2.05, 4.69) is 0 Å². The number of hydrogen-bond donors (Lipinski definition) is 1. The van der Waals surface area contributed by atoms with Gasteiger partial charge in [-0.1, -0.05) is 0 Å². The number of ether oxygens (including phenoxy) is 2. The summed E-state index contributed by atoms with van der Waals surface area (Å²) in [5.74, 6) is 1.02. The number of benzene rings is 1. The summed E-state index contributed by atoms with van der Waals surface area (Å²) in [7, 11) is 1.54. The summed E-state index contributed by atoms with van der Waals surface area (Å²) in [6.07, 6.45) is 0. The van der Waals surface area contributed by atoms with E-state index in [1.807, 2.05) is 20.8 Å². The van der Waals surface area contributed by atoms with Crippen LogP contribution in [-0.2, 0) is 0 Å². The molecule has 0 aliphatic carbocycles. The first-order chi connectivity index (χ1) is 9.54. The minimum atomic E-state index is -0.129. The van der Waals surface area contributed by atoms with Gasteiger partial charge in [0.25, 0.3) is 5.91 Å². The lowest BCUT2D eigenvalue weighted by molar-refractivity contribution is 0.0665. The highest BCUT2D eigenvalue weighted by Crippen LogP contribution is 2.28. The molecule has 0 unspecified atom stereocenters. The summed E-state index contributed by atoms with van der Waals surface area (Å²) in [5.41, 5.74) is 0.521. The summed E-state index contributed by atoms with van der Waals surface area (Å²) in [5, 5.41) is 9.06. The molecule has 0 fully saturated rings. The molecule has 1 aromatic rings. The molecule has 0 radical (unpaired) electrons. The number of nitrogens with zero attached hydrogens (tertiary/aromatic N) is 1. The van der Waals surface area contributed by atoms with Gasteiger partial charge >= 0.3 is 0 Å². The number of hydrogen-bond acceptors (Lipinski definition) is 4. The van der Waals surface area contributed by atoms with Crippen molar-refractivity contribution in [3.63, 3.8) is 0 Å². The molecule has 0 heterocycles. The van der Waals surface area contributed by atoms with Crippen molar-refractivity contribution in [3.05, 3.63) is 23.8 Å². The fraction of sp³-hybridized carbons (Fsp3) is 0.533. The third-order valence-electron chi connectivity index (χ3n) is 2.94. The predicted molar refractivity (Wildman–Crippen MR) is 77.4 cm³/mol. The van der Waals surface area contributed by atoms with Crippen LogP contribution >= 0.6 is 0 Å². The minimum absolute atomic E-state index is 0.0206. The standard InChI is InChI=1S/C15H23NO4/c1-5-20-13-7-6-12(10-14(13)19-4)15(18)16(8-9-17)11(2)3/h6-7,10-11,17H,5,8-9H2,1-4H3. The van der Waals surface area contributed by atoms with Crippen LogP contribution in [0.25, 0.3) is 0 Å². The van der Waals surface area contributed by atoms with Crippen molar-refractivity contribution in [3.8, 4) is 11.5 Å². The van der Waals surface area contributed by atoms with Gasteiger partial charge in [0.05, 0.1) is 20.3 Å². The third-order valence-corrected chi connectivity index (χ3v) is 2.94. The maximum atomic E-state index is 12.4. The Bertz CT molecular complexity index is 445. The molecule has 1 aromatic carbocycles. The number of carbonyl (C=O) groups is 1. The van der Waals surface area contributed by atoms with E-state index in [9.17, 15) is 4.79 Å². The van der Waals surface area contributed by atoms with Crippen LogP contribution in [0.15, 0.2) is 18.2 Å². The zero-order valence-electron chi connectivity index (χ0n) is 12.5. The van der Waals surface area contributed by atoms with Gasteiger partial charge in [-0.15, -0.1) is 0 Å². The van der Waals surface area contributed by atoms with Crippen LogP contribution in [0.5, 0.6) is 11.5 Å². The summed E-state index contributed by atoms with van der Waals surface area (Å²) < 4.78 is 10.7. The molecule has 0 aliphatic heterocycles. The SMILES string of the molecule is CCOc1ccc(C(=O)N(CCO)C(C)C)cc1OC. The molecule has 0 saturated carbocycles. The average Bonchev–Trinajstić information content (AvgIpc) is 2.44. The van der Waals surface area contributed by atoms with Gasteiger partial charge in [-0.3, -0.25) is 4.79 Å². The molecule has 20 heavy (non-hydrogen) atoms. The summed E-state index contributed by atoms with van der Waals surface area (Å²) >= 11 is 0. The Morgan fingerprint density at radius 3 is 2.55 bits per heavy atom. The molecule has 0 bridgehead atoms. The Morgan fingerprint density at radius 2 is 2.05 bits per heavy atom. The van der Waals surface area contributed by atoms with Crippen molar-refractivity contribution in [1.29, 1.82) is 0 Å². The maximum absolute atomic E-state index is 12.4. The van der Waals surface area contributed by atoms with Crippen molar-refractivity contribution >= 4 is 5.91 Å². The van der Waals surface area contributed by atoms with Gasteiger partial charge in [-0.25, -0.2) is 0 Å². The Balaban J connectivity index is 3.03. The zero-order chi connectivity index (χ0) is 15.1. The first kappa shape index (κ1) is 16.3. The number of carbonyl (C=O) groups excluding carboxylic acids is 1. The number of methoxy groups -OCH3 is 1. The summed E-state index contributed by atoms with van der Waals surface area (Å²) in [6, 6.07) is 5.13. The summed E-state index contributed by atoms with van der Waals surface area (Å²) in [4.78, 5) is 14.1. The second-order valence-corrected chi connectivity index (χ2v) is 4.61. The predicted octanol–water partition coefficient (Wildman–Crippen LogP) is 1.94. The van der Waals surface area contributed by atoms with Crippen molar-refractivity contribution in [2.45, 2.75) is 26.8 Å². The van der Waals surface area contributed by atoms with Crippen molar-refractivity contribution < 1.29 is 19.4 Å². The van der Waals surface area contributed by atoms with Crippen molar-refractivity contribution in [2.24, 2.45) is 0 Å². The molecule has 5 heteroatoms. The van der Waals surface area contributed by atoms with Gasteiger partial charge in [-0.05, 0) is 39.0 Å². The number of aliphatic hydroxyl groups excluding tert-OH is 1. The lowest BCUT2D eigenvalue weighted by Crippen LogP contribution is -2.39. The number of aliphatic hydroxyl groups is 1. The van der Waals surface area contributed by atoms with E-state index in [1.165, 1.54) is 0 Å². The van der Waals surface area contributed by atoms with Gasteiger partial charge in [0.1, 0.15) is 0 Å². The Hall–Kier alpha value is -1.75. The molecule has 1 amide bonds. The highest BCUT2D eigenvalue weighted by molar-refractivity contribution is 5.95. The fourth-order valence-corrected chi connectivity index (χ4v) is 1.94. The van der Waals surface area contributed by atoms with E-state index in [4.69, 9.17) is 14.6 Å². The molecule has 0 atom stereocenters. The molecule has 1 rings (SSSR count). The largest absolute Gasteiger partial charge is 0.493 e. The number of rotatable bonds is 7. The molecule has 0 spiro atoms. The first-order valence-electron chi connectivity index (χ1n) is 6.77. The molecule has 0 aliphatic rings. The Labute approximate surface area is 120 Å². The first-order valence-corrected chi connectivity index (χ1v) is 6.77. The third kappa shape index (κ3) is 3.87. The van der Waals surface area contributed by atoms with Crippen LogP contribution in [-0.4, -0.2) is 48.8 Å². The highest BCUT2D eigenvalue weighted by Gasteiger charge is 2.19. The normalized spacial score (nSPS) is 10.5. The molecule has 5 nitrogen and oxygen atoms in total. The van der Waals surface area contributed by atoms with Crippen LogP contribution in [0, 0.1) is 0 Å². The smallest absolute Gasteiger partial charge is 0.254 e. The van der Waals surface area contributed by atoms with E-state index >= 15 is 0 Å². The Morgan fingerprint density at radius 1 is 1.35 bits per heavy atom. The molecule has 112 valence electrons. The average molecular weight is 281 g/mol. The van der Waals surface area contributed by atoms with Crippen molar-refractivity contribution in [1.82, 2.24) is 4.90 Å². The topological polar surface area (TPSA) is 59.0 Å². The van der Waals surface area contributed by atoms with E-state index in [1.54, 1.807) is 30.2 Å².